The molecular weight excluding hydrogens is 344 g/mol. The number of amides is 2. The van der Waals surface area contributed by atoms with E-state index < -0.39 is 0 Å². The van der Waals surface area contributed by atoms with Crippen LogP contribution in [0.5, 0.6) is 0 Å². The third-order valence-corrected chi connectivity index (χ3v) is 5.18. The normalized spacial score (nSPS) is 18.1. The fourth-order valence-electron chi connectivity index (χ4n) is 3.58. The average Bonchev–Trinajstić information content (AvgIpc) is 3.41. The summed E-state index contributed by atoms with van der Waals surface area (Å²) in [6.45, 7) is 4.83. The van der Waals surface area contributed by atoms with E-state index in [1.165, 1.54) is 11.0 Å². The van der Waals surface area contributed by atoms with Gasteiger partial charge in [-0.25, -0.2) is 0 Å². The van der Waals surface area contributed by atoms with Gasteiger partial charge in [0.1, 0.15) is 0 Å². The molecule has 8 nitrogen and oxygen atoms in total. The Hall–Kier alpha value is -2.74. The Morgan fingerprint density at radius 1 is 0.889 bits per heavy atom. The number of rotatable bonds is 4. The predicted molar refractivity (Wildman–Crippen MR) is 99.5 cm³/mol. The molecule has 8 heteroatoms. The Kier molecular flexibility index (Phi) is 5.15. The number of likely N-dealkylation sites (tertiary alicyclic amines) is 1. The number of nitrogens with zero attached hydrogens (tertiary/aromatic N) is 6. The molecule has 142 valence electrons. The van der Waals surface area contributed by atoms with Gasteiger partial charge in [-0.2, -0.15) is 9.90 Å². The molecule has 0 unspecified atom stereocenters. The molecule has 4 rings (SSSR count). The van der Waals surface area contributed by atoms with Crippen LogP contribution in [0, 0.1) is 0 Å². The zero-order chi connectivity index (χ0) is 18.6. The van der Waals surface area contributed by atoms with Gasteiger partial charge in [-0.3, -0.25) is 14.5 Å². The minimum absolute atomic E-state index is 0.109. The van der Waals surface area contributed by atoms with Gasteiger partial charge in [0, 0.05) is 39.3 Å². The van der Waals surface area contributed by atoms with Gasteiger partial charge < -0.3 is 9.80 Å². The van der Waals surface area contributed by atoms with Crippen molar-refractivity contribution in [1.82, 2.24) is 29.7 Å². The van der Waals surface area contributed by atoms with Gasteiger partial charge in [0.2, 0.25) is 5.91 Å². The minimum Gasteiger partial charge on any atom is -0.342 e. The lowest BCUT2D eigenvalue weighted by atomic mass is 10.2. The molecule has 0 bridgehead atoms. The molecule has 3 heterocycles. The summed E-state index contributed by atoms with van der Waals surface area (Å²) < 4.78 is 0. The number of benzene rings is 1. The zero-order valence-electron chi connectivity index (χ0n) is 15.3. The minimum atomic E-state index is -0.109. The first-order valence-electron chi connectivity index (χ1n) is 9.48. The number of aromatic nitrogens is 3. The average molecular weight is 368 g/mol. The SMILES string of the molecule is O=C(CN1CCN(C(=O)c2cnn(-c3ccccc3)n2)CC1)N1CCCC1. The Morgan fingerprint density at radius 3 is 2.30 bits per heavy atom. The third kappa shape index (κ3) is 4.00. The van der Waals surface area contributed by atoms with E-state index in [1.54, 1.807) is 4.90 Å². The lowest BCUT2D eigenvalue weighted by Crippen LogP contribution is -2.51. The molecule has 2 fully saturated rings. The van der Waals surface area contributed by atoms with E-state index in [0.29, 0.717) is 38.4 Å². The quantitative estimate of drug-likeness (QED) is 0.792. The second kappa shape index (κ2) is 7.87. The molecule has 1 aromatic heterocycles. The molecule has 0 aliphatic carbocycles. The van der Waals surface area contributed by atoms with Crippen molar-refractivity contribution in [3.8, 4) is 5.69 Å². The van der Waals surface area contributed by atoms with Crippen LogP contribution in [0.4, 0.5) is 0 Å². The molecule has 0 saturated carbocycles. The largest absolute Gasteiger partial charge is 0.342 e. The van der Waals surface area contributed by atoms with E-state index in [0.717, 1.165) is 31.6 Å². The summed E-state index contributed by atoms with van der Waals surface area (Å²) in [6.07, 6.45) is 3.73. The van der Waals surface area contributed by atoms with E-state index in [1.807, 2.05) is 35.2 Å². The van der Waals surface area contributed by atoms with Gasteiger partial charge in [-0.15, -0.1) is 5.10 Å². The maximum Gasteiger partial charge on any atom is 0.276 e. The summed E-state index contributed by atoms with van der Waals surface area (Å²) in [5.74, 6) is 0.0979. The van der Waals surface area contributed by atoms with Crippen LogP contribution in [-0.2, 0) is 4.79 Å². The van der Waals surface area contributed by atoms with E-state index in [4.69, 9.17) is 0 Å². The van der Waals surface area contributed by atoms with E-state index in [2.05, 4.69) is 15.1 Å². The van der Waals surface area contributed by atoms with Crippen LogP contribution in [0.15, 0.2) is 36.5 Å². The predicted octanol–water partition coefficient (Wildman–Crippen LogP) is 0.647. The lowest BCUT2D eigenvalue weighted by Gasteiger charge is -2.34. The van der Waals surface area contributed by atoms with Gasteiger partial charge in [0.25, 0.3) is 5.91 Å². The molecule has 0 N–H and O–H groups in total. The van der Waals surface area contributed by atoms with Crippen LogP contribution in [0.25, 0.3) is 5.69 Å². The molecule has 0 atom stereocenters. The van der Waals surface area contributed by atoms with Crippen molar-refractivity contribution in [1.29, 1.82) is 0 Å². The van der Waals surface area contributed by atoms with Crippen molar-refractivity contribution in [2.45, 2.75) is 12.8 Å². The van der Waals surface area contributed by atoms with Crippen molar-refractivity contribution >= 4 is 11.8 Å². The number of carbonyl (C=O) groups excluding carboxylic acids is 2. The Bertz CT molecular complexity index is 792. The number of hydrogen-bond donors (Lipinski definition) is 0. The van der Waals surface area contributed by atoms with Crippen molar-refractivity contribution in [2.75, 3.05) is 45.8 Å². The summed E-state index contributed by atoms with van der Waals surface area (Å²) in [5.41, 5.74) is 1.17. The van der Waals surface area contributed by atoms with Crippen LogP contribution in [0.2, 0.25) is 0 Å². The maximum absolute atomic E-state index is 12.7. The highest BCUT2D eigenvalue weighted by molar-refractivity contribution is 5.92. The number of para-hydroxylation sites is 1. The molecule has 2 saturated heterocycles. The highest BCUT2D eigenvalue weighted by Crippen LogP contribution is 2.11. The molecule has 0 radical (unpaired) electrons. The number of carbonyl (C=O) groups is 2. The van der Waals surface area contributed by atoms with Gasteiger partial charge in [0.05, 0.1) is 18.4 Å². The van der Waals surface area contributed by atoms with Gasteiger partial charge in [0.15, 0.2) is 5.69 Å². The second-order valence-corrected chi connectivity index (χ2v) is 7.01. The molecule has 1 aromatic carbocycles. The molecule has 0 spiro atoms. The molecule has 2 amide bonds. The zero-order valence-corrected chi connectivity index (χ0v) is 15.3. The summed E-state index contributed by atoms with van der Waals surface area (Å²) >= 11 is 0. The fraction of sp³-hybridized carbons (Fsp3) is 0.474. The Morgan fingerprint density at radius 2 is 1.59 bits per heavy atom. The van der Waals surface area contributed by atoms with Crippen LogP contribution >= 0.6 is 0 Å². The van der Waals surface area contributed by atoms with Crippen LogP contribution in [0.3, 0.4) is 0 Å². The van der Waals surface area contributed by atoms with Crippen molar-refractivity contribution in [2.24, 2.45) is 0 Å². The van der Waals surface area contributed by atoms with Crippen LogP contribution < -0.4 is 0 Å². The molecular formula is C19H24N6O2. The van der Waals surface area contributed by atoms with Gasteiger partial charge in [-0.05, 0) is 25.0 Å². The monoisotopic (exact) mass is 368 g/mol. The standard InChI is InChI=1S/C19H24N6O2/c26-18(23-8-4-5-9-23)15-22-10-12-24(13-11-22)19(27)17-14-20-25(21-17)16-6-2-1-3-7-16/h1-3,6-7,14H,4-5,8-13,15H2. The summed E-state index contributed by atoms with van der Waals surface area (Å²) in [7, 11) is 0. The highest BCUT2D eigenvalue weighted by Gasteiger charge is 2.27. The van der Waals surface area contributed by atoms with Gasteiger partial charge in [-0.1, -0.05) is 18.2 Å². The maximum atomic E-state index is 12.7. The molecule has 2 aliphatic heterocycles. The first-order valence-corrected chi connectivity index (χ1v) is 9.48. The smallest absolute Gasteiger partial charge is 0.276 e. The first kappa shape index (κ1) is 17.7. The Labute approximate surface area is 158 Å². The lowest BCUT2D eigenvalue weighted by molar-refractivity contribution is -0.131. The number of hydrogen-bond acceptors (Lipinski definition) is 5. The summed E-state index contributed by atoms with van der Waals surface area (Å²) in [4.78, 5) is 32.3. The van der Waals surface area contributed by atoms with E-state index in [-0.39, 0.29) is 11.8 Å². The van der Waals surface area contributed by atoms with E-state index in [9.17, 15) is 9.59 Å². The topological polar surface area (TPSA) is 74.6 Å². The molecule has 2 aromatic rings. The van der Waals surface area contributed by atoms with Crippen molar-refractivity contribution in [3.63, 3.8) is 0 Å². The third-order valence-electron chi connectivity index (χ3n) is 5.18. The summed E-state index contributed by atoms with van der Waals surface area (Å²) in [5, 5.41) is 8.51. The first-order chi connectivity index (χ1) is 13.2. The Balaban J connectivity index is 1.31. The molecule has 27 heavy (non-hydrogen) atoms. The highest BCUT2D eigenvalue weighted by atomic mass is 16.2. The summed E-state index contributed by atoms with van der Waals surface area (Å²) in [6, 6.07) is 9.52. The van der Waals surface area contributed by atoms with Gasteiger partial charge >= 0.3 is 0 Å². The second-order valence-electron chi connectivity index (χ2n) is 7.01. The van der Waals surface area contributed by atoms with E-state index >= 15 is 0 Å². The van der Waals surface area contributed by atoms with Crippen LogP contribution in [0.1, 0.15) is 23.3 Å². The number of piperazine rings is 1. The van der Waals surface area contributed by atoms with Crippen LogP contribution in [-0.4, -0.2) is 87.3 Å². The molecule has 2 aliphatic rings. The fourth-order valence-corrected chi connectivity index (χ4v) is 3.58. The van der Waals surface area contributed by atoms with Crippen molar-refractivity contribution < 1.29 is 9.59 Å². The van der Waals surface area contributed by atoms with Crippen molar-refractivity contribution in [3.05, 3.63) is 42.2 Å².